The van der Waals surface area contributed by atoms with Crippen LogP contribution in [0.2, 0.25) is 0 Å². The van der Waals surface area contributed by atoms with Crippen LogP contribution in [0.3, 0.4) is 0 Å². The molecule has 1 N–H and O–H groups in total. The molecule has 0 bridgehead atoms. The molecule has 3 aromatic rings. The molecule has 126 valence electrons. The molecule has 1 amide bonds. The number of anilines is 1. The molecule has 0 fully saturated rings. The molecule has 0 aliphatic carbocycles. The van der Waals surface area contributed by atoms with E-state index < -0.39 is 17.5 Å². The van der Waals surface area contributed by atoms with Crippen LogP contribution in [0.5, 0.6) is 0 Å². The summed E-state index contributed by atoms with van der Waals surface area (Å²) >= 11 is 4.64. The molecule has 0 unspecified atom stereocenters. The van der Waals surface area contributed by atoms with Crippen molar-refractivity contribution in [1.29, 1.82) is 0 Å². The highest BCUT2D eigenvalue weighted by molar-refractivity contribution is 9.10. The lowest BCUT2D eigenvalue weighted by Gasteiger charge is -2.10. The van der Waals surface area contributed by atoms with Gasteiger partial charge in [-0.1, -0.05) is 23.9 Å². The molecule has 25 heavy (non-hydrogen) atoms. The average molecular weight is 421 g/mol. The van der Waals surface area contributed by atoms with E-state index in [9.17, 15) is 13.6 Å². The van der Waals surface area contributed by atoms with E-state index in [0.717, 1.165) is 21.6 Å². The molecule has 2 aromatic carbocycles. The predicted molar refractivity (Wildman–Crippen MR) is 96.8 cm³/mol. The lowest BCUT2D eigenvalue weighted by Crippen LogP contribution is -2.14. The van der Waals surface area contributed by atoms with E-state index in [0.29, 0.717) is 10.5 Å². The first-order valence-corrected chi connectivity index (χ1v) is 8.79. The molecule has 1 aromatic heterocycles. The molecule has 3 rings (SSSR count). The maximum atomic E-state index is 13.7. The number of hydrogen-bond donors (Lipinski definition) is 1. The van der Waals surface area contributed by atoms with Gasteiger partial charge in [-0.15, -0.1) is 0 Å². The first-order chi connectivity index (χ1) is 12.0. The monoisotopic (exact) mass is 420 g/mol. The molecule has 0 spiro atoms. The number of halogens is 3. The van der Waals surface area contributed by atoms with Gasteiger partial charge in [-0.05, 0) is 52.3 Å². The van der Waals surface area contributed by atoms with Crippen LogP contribution in [-0.2, 0) is 0 Å². The summed E-state index contributed by atoms with van der Waals surface area (Å²) in [6.07, 6.45) is 1.67. The smallest absolute Gasteiger partial charge is 0.256 e. The Morgan fingerprint density at radius 2 is 1.88 bits per heavy atom. The van der Waals surface area contributed by atoms with Crippen LogP contribution in [0.25, 0.3) is 0 Å². The molecule has 0 aliphatic heterocycles. The lowest BCUT2D eigenvalue weighted by atomic mass is 10.2. The van der Waals surface area contributed by atoms with E-state index in [1.165, 1.54) is 17.8 Å². The SMILES string of the molecule is O=C(Nc1ccc(F)cc1F)c1ccccc1Sc1ccc(Br)cn1. The van der Waals surface area contributed by atoms with E-state index >= 15 is 0 Å². The van der Waals surface area contributed by atoms with Gasteiger partial charge in [-0.2, -0.15) is 0 Å². The fraction of sp³-hybridized carbons (Fsp3) is 0. The van der Waals surface area contributed by atoms with Crippen LogP contribution in [0.15, 0.2) is 75.2 Å². The zero-order chi connectivity index (χ0) is 17.8. The predicted octanol–water partition coefficient (Wildman–Crippen LogP) is 5.53. The fourth-order valence-electron chi connectivity index (χ4n) is 2.06. The van der Waals surface area contributed by atoms with E-state index in [-0.39, 0.29) is 5.69 Å². The minimum Gasteiger partial charge on any atom is -0.319 e. The summed E-state index contributed by atoms with van der Waals surface area (Å²) in [7, 11) is 0. The van der Waals surface area contributed by atoms with Gasteiger partial charge in [0.1, 0.15) is 16.7 Å². The van der Waals surface area contributed by atoms with Crippen LogP contribution in [0, 0.1) is 11.6 Å². The highest BCUT2D eigenvalue weighted by atomic mass is 79.9. The number of nitrogens with zero attached hydrogens (tertiary/aromatic N) is 1. The van der Waals surface area contributed by atoms with Crippen LogP contribution in [-0.4, -0.2) is 10.9 Å². The summed E-state index contributed by atoms with van der Waals surface area (Å²) in [5.74, 6) is -2.01. The van der Waals surface area contributed by atoms with Gasteiger partial charge < -0.3 is 5.32 Å². The van der Waals surface area contributed by atoms with Crippen molar-refractivity contribution in [3.63, 3.8) is 0 Å². The molecule has 7 heteroatoms. The van der Waals surface area contributed by atoms with E-state index in [2.05, 4.69) is 26.2 Å². The summed E-state index contributed by atoms with van der Waals surface area (Å²) in [6.45, 7) is 0. The Bertz CT molecular complexity index is 919. The number of hydrogen-bond acceptors (Lipinski definition) is 3. The number of carbonyl (C=O) groups is 1. The molecule has 0 saturated carbocycles. The van der Waals surface area contributed by atoms with Crippen molar-refractivity contribution >= 4 is 39.3 Å². The Morgan fingerprint density at radius 3 is 2.60 bits per heavy atom. The molecular formula is C18H11BrF2N2OS. The highest BCUT2D eigenvalue weighted by Crippen LogP contribution is 2.30. The van der Waals surface area contributed by atoms with Gasteiger partial charge in [0.15, 0.2) is 0 Å². The largest absolute Gasteiger partial charge is 0.319 e. The third kappa shape index (κ3) is 4.43. The standard InChI is InChI=1S/C18H11BrF2N2OS/c19-11-5-8-17(22-10-11)25-16-4-2-1-3-13(16)18(24)23-15-7-6-12(20)9-14(15)21/h1-10H,(H,23,24). The van der Waals surface area contributed by atoms with Crippen LogP contribution in [0.1, 0.15) is 10.4 Å². The number of rotatable bonds is 4. The molecule has 0 saturated heterocycles. The van der Waals surface area contributed by atoms with E-state index in [1.54, 1.807) is 30.5 Å². The van der Waals surface area contributed by atoms with Crippen molar-refractivity contribution in [3.8, 4) is 0 Å². The third-order valence-electron chi connectivity index (χ3n) is 3.23. The Morgan fingerprint density at radius 1 is 1.08 bits per heavy atom. The number of amides is 1. The molecule has 0 atom stereocenters. The van der Waals surface area contributed by atoms with Crippen LogP contribution >= 0.6 is 27.7 Å². The molecule has 0 radical (unpaired) electrons. The number of pyridine rings is 1. The van der Waals surface area contributed by atoms with Crippen molar-refractivity contribution in [1.82, 2.24) is 4.98 Å². The summed E-state index contributed by atoms with van der Waals surface area (Å²) in [4.78, 5) is 17.4. The number of carbonyl (C=O) groups excluding carboxylic acids is 1. The Labute approximate surface area is 155 Å². The van der Waals surface area contributed by atoms with Crippen molar-refractivity contribution in [2.45, 2.75) is 9.92 Å². The van der Waals surface area contributed by atoms with E-state index in [4.69, 9.17) is 0 Å². The summed E-state index contributed by atoms with van der Waals surface area (Å²) in [5, 5.41) is 3.19. The Kier molecular flexibility index (Phi) is 5.45. The normalized spacial score (nSPS) is 10.5. The van der Waals surface area contributed by atoms with Gasteiger partial charge in [-0.25, -0.2) is 13.8 Å². The minimum atomic E-state index is -0.826. The number of benzene rings is 2. The molecule has 1 heterocycles. The first-order valence-electron chi connectivity index (χ1n) is 7.18. The van der Waals surface area contributed by atoms with Crippen LogP contribution < -0.4 is 5.32 Å². The van der Waals surface area contributed by atoms with Crippen molar-refractivity contribution in [3.05, 3.63) is 82.5 Å². The third-order valence-corrected chi connectivity index (χ3v) is 4.72. The first kappa shape index (κ1) is 17.6. The average Bonchev–Trinajstić information content (AvgIpc) is 2.60. The summed E-state index contributed by atoms with van der Waals surface area (Å²) in [6, 6.07) is 13.6. The molecular weight excluding hydrogens is 410 g/mol. The topological polar surface area (TPSA) is 42.0 Å². The second kappa shape index (κ2) is 7.76. The van der Waals surface area contributed by atoms with Gasteiger partial charge in [0, 0.05) is 21.6 Å². The van der Waals surface area contributed by atoms with E-state index in [1.807, 2.05) is 12.1 Å². The quantitative estimate of drug-likeness (QED) is 0.603. The summed E-state index contributed by atoms with van der Waals surface area (Å²) < 4.78 is 27.6. The Balaban J connectivity index is 1.84. The van der Waals surface area contributed by atoms with Gasteiger partial charge >= 0.3 is 0 Å². The van der Waals surface area contributed by atoms with Gasteiger partial charge in [0.05, 0.1) is 11.3 Å². The lowest BCUT2D eigenvalue weighted by molar-refractivity contribution is 0.102. The number of nitrogens with one attached hydrogen (secondary N) is 1. The summed E-state index contributed by atoms with van der Waals surface area (Å²) in [5.41, 5.74) is 0.300. The number of aromatic nitrogens is 1. The van der Waals surface area contributed by atoms with Crippen molar-refractivity contribution in [2.24, 2.45) is 0 Å². The Hall–Kier alpha value is -2.25. The second-order valence-corrected chi connectivity index (χ2v) is 6.97. The maximum Gasteiger partial charge on any atom is 0.256 e. The molecule has 3 nitrogen and oxygen atoms in total. The zero-order valence-corrected chi connectivity index (χ0v) is 15.1. The van der Waals surface area contributed by atoms with Gasteiger partial charge in [0.25, 0.3) is 5.91 Å². The van der Waals surface area contributed by atoms with Gasteiger partial charge in [-0.3, -0.25) is 4.79 Å². The van der Waals surface area contributed by atoms with Gasteiger partial charge in [0.2, 0.25) is 0 Å². The fourth-order valence-corrected chi connectivity index (χ4v) is 3.18. The molecule has 0 aliphatic rings. The van der Waals surface area contributed by atoms with Crippen molar-refractivity contribution in [2.75, 3.05) is 5.32 Å². The maximum absolute atomic E-state index is 13.7. The van der Waals surface area contributed by atoms with Crippen LogP contribution in [0.4, 0.5) is 14.5 Å². The minimum absolute atomic E-state index is 0.0760. The van der Waals surface area contributed by atoms with Crippen molar-refractivity contribution < 1.29 is 13.6 Å². The highest BCUT2D eigenvalue weighted by Gasteiger charge is 2.14. The second-order valence-electron chi connectivity index (χ2n) is 4.99. The zero-order valence-electron chi connectivity index (χ0n) is 12.7.